The van der Waals surface area contributed by atoms with E-state index in [9.17, 15) is 14.7 Å². The molecule has 2 atom stereocenters. The summed E-state index contributed by atoms with van der Waals surface area (Å²) in [4.78, 5) is 23.0. The Morgan fingerprint density at radius 1 is 1.40 bits per heavy atom. The minimum absolute atomic E-state index is 0.00117. The van der Waals surface area contributed by atoms with Crippen LogP contribution in [-0.2, 0) is 16.0 Å². The fourth-order valence-electron chi connectivity index (χ4n) is 2.94. The molecule has 0 heterocycles. The molecule has 2 rings (SSSR count). The molecule has 1 aliphatic rings. The number of aliphatic hydroxyl groups is 1. The van der Waals surface area contributed by atoms with Gasteiger partial charge in [0, 0.05) is 24.8 Å². The van der Waals surface area contributed by atoms with Crippen molar-refractivity contribution in [3.8, 4) is 0 Å². The fraction of sp³-hybridized carbons (Fsp3) is 0.500. The number of hydrogen-bond acceptors (Lipinski definition) is 4. The standard InChI is InChI=1S/C16H20O4/c1-8-7-13-14(16(19)10(3)15(13)18)9(2)12(8)5-6-20-11(4)17/h7,10,15,18H,5-6H2,1-4H3. The van der Waals surface area contributed by atoms with E-state index in [0.29, 0.717) is 18.6 Å². The third-order valence-corrected chi connectivity index (χ3v) is 4.07. The Morgan fingerprint density at radius 2 is 2.05 bits per heavy atom. The van der Waals surface area contributed by atoms with Gasteiger partial charge >= 0.3 is 5.97 Å². The van der Waals surface area contributed by atoms with Gasteiger partial charge in [-0.2, -0.15) is 0 Å². The van der Waals surface area contributed by atoms with E-state index in [1.165, 1.54) is 6.92 Å². The number of benzene rings is 1. The number of fused-ring (bicyclic) bond motifs is 1. The number of Topliss-reactive ketones (excluding diaryl/α,β-unsaturated/α-hetero) is 1. The highest BCUT2D eigenvalue weighted by molar-refractivity contribution is 6.04. The molecule has 4 heteroatoms. The van der Waals surface area contributed by atoms with E-state index in [2.05, 4.69) is 0 Å². The van der Waals surface area contributed by atoms with Gasteiger partial charge in [0.2, 0.25) is 0 Å². The van der Waals surface area contributed by atoms with E-state index in [4.69, 9.17) is 4.74 Å². The van der Waals surface area contributed by atoms with Crippen molar-refractivity contribution >= 4 is 11.8 Å². The number of esters is 1. The summed E-state index contributed by atoms with van der Waals surface area (Å²) in [5, 5.41) is 10.1. The van der Waals surface area contributed by atoms with Crippen LogP contribution in [0.25, 0.3) is 0 Å². The van der Waals surface area contributed by atoms with Crippen molar-refractivity contribution in [1.29, 1.82) is 0 Å². The summed E-state index contributed by atoms with van der Waals surface area (Å²) in [6, 6.07) is 1.89. The van der Waals surface area contributed by atoms with Crippen molar-refractivity contribution in [1.82, 2.24) is 0 Å². The number of ketones is 1. The molecule has 2 unspecified atom stereocenters. The molecule has 0 bridgehead atoms. The molecule has 0 spiro atoms. The molecule has 1 aromatic rings. The van der Waals surface area contributed by atoms with Gasteiger partial charge in [0.25, 0.3) is 0 Å². The maximum Gasteiger partial charge on any atom is 0.302 e. The van der Waals surface area contributed by atoms with Crippen molar-refractivity contribution in [3.63, 3.8) is 0 Å². The van der Waals surface area contributed by atoms with Crippen LogP contribution in [0.4, 0.5) is 0 Å². The first kappa shape index (κ1) is 14.7. The van der Waals surface area contributed by atoms with E-state index < -0.39 is 6.10 Å². The average Bonchev–Trinajstić information content (AvgIpc) is 2.58. The average molecular weight is 276 g/mol. The van der Waals surface area contributed by atoms with Gasteiger partial charge in [0.15, 0.2) is 5.78 Å². The zero-order valence-corrected chi connectivity index (χ0v) is 12.3. The second-order valence-corrected chi connectivity index (χ2v) is 5.45. The van der Waals surface area contributed by atoms with Crippen LogP contribution in [0.2, 0.25) is 0 Å². The summed E-state index contributed by atoms with van der Waals surface area (Å²) in [7, 11) is 0. The van der Waals surface area contributed by atoms with E-state index >= 15 is 0 Å². The lowest BCUT2D eigenvalue weighted by Crippen LogP contribution is -2.10. The second-order valence-electron chi connectivity index (χ2n) is 5.45. The van der Waals surface area contributed by atoms with Crippen molar-refractivity contribution < 1.29 is 19.4 Å². The Bertz CT molecular complexity index is 574. The fourth-order valence-corrected chi connectivity index (χ4v) is 2.94. The number of carbonyl (C=O) groups excluding carboxylic acids is 2. The first-order valence-electron chi connectivity index (χ1n) is 6.83. The molecule has 0 saturated carbocycles. The van der Waals surface area contributed by atoms with Gasteiger partial charge in [-0.15, -0.1) is 0 Å². The molecule has 4 nitrogen and oxygen atoms in total. The smallest absolute Gasteiger partial charge is 0.302 e. The Kier molecular flexibility index (Phi) is 3.95. The lowest BCUT2D eigenvalue weighted by molar-refractivity contribution is -0.140. The summed E-state index contributed by atoms with van der Waals surface area (Å²) in [6.07, 6.45) is -0.125. The number of rotatable bonds is 3. The summed E-state index contributed by atoms with van der Waals surface area (Å²) in [6.45, 7) is 7.29. The van der Waals surface area contributed by atoms with Crippen LogP contribution in [0.5, 0.6) is 0 Å². The molecule has 1 N–H and O–H groups in total. The maximum absolute atomic E-state index is 12.2. The number of aliphatic hydroxyl groups excluding tert-OH is 1. The molecule has 0 radical (unpaired) electrons. The number of aryl methyl sites for hydroxylation is 1. The topological polar surface area (TPSA) is 63.6 Å². The SMILES string of the molecule is CC(=O)OCCc1c(C)cc2c(c1C)C(=O)C(C)C2O. The third kappa shape index (κ3) is 2.36. The van der Waals surface area contributed by atoms with Crippen molar-refractivity contribution in [2.45, 2.75) is 40.2 Å². The predicted molar refractivity (Wildman–Crippen MR) is 74.7 cm³/mol. The summed E-state index contributed by atoms with van der Waals surface area (Å²) < 4.78 is 4.97. The molecular weight excluding hydrogens is 256 g/mol. The Labute approximate surface area is 118 Å². The molecule has 1 aliphatic carbocycles. The summed E-state index contributed by atoms with van der Waals surface area (Å²) in [5.74, 6) is -0.688. The van der Waals surface area contributed by atoms with Gasteiger partial charge in [0.1, 0.15) is 0 Å². The molecule has 0 aliphatic heterocycles. The molecule has 20 heavy (non-hydrogen) atoms. The summed E-state index contributed by atoms with van der Waals surface area (Å²) >= 11 is 0. The largest absolute Gasteiger partial charge is 0.466 e. The molecular formula is C16H20O4. The first-order valence-corrected chi connectivity index (χ1v) is 6.83. The van der Waals surface area contributed by atoms with Crippen LogP contribution >= 0.6 is 0 Å². The zero-order valence-electron chi connectivity index (χ0n) is 12.3. The molecule has 0 aromatic heterocycles. The van der Waals surface area contributed by atoms with Gasteiger partial charge in [-0.1, -0.05) is 13.0 Å². The van der Waals surface area contributed by atoms with E-state index in [0.717, 1.165) is 22.3 Å². The van der Waals surface area contributed by atoms with Crippen LogP contribution in [0.1, 0.15) is 52.6 Å². The van der Waals surface area contributed by atoms with Crippen molar-refractivity contribution in [2.75, 3.05) is 6.61 Å². The number of carbonyl (C=O) groups is 2. The number of ether oxygens (including phenoxy) is 1. The van der Waals surface area contributed by atoms with Gasteiger partial charge < -0.3 is 9.84 Å². The highest BCUT2D eigenvalue weighted by Crippen LogP contribution is 2.39. The minimum atomic E-state index is -0.711. The summed E-state index contributed by atoms with van der Waals surface area (Å²) in [5.41, 5.74) is 4.33. The molecule has 1 aromatic carbocycles. The van der Waals surface area contributed by atoms with Crippen LogP contribution in [0, 0.1) is 19.8 Å². The Hall–Kier alpha value is -1.68. The highest BCUT2D eigenvalue weighted by Gasteiger charge is 2.37. The third-order valence-electron chi connectivity index (χ3n) is 4.07. The monoisotopic (exact) mass is 276 g/mol. The van der Waals surface area contributed by atoms with Gasteiger partial charge in [-0.25, -0.2) is 0 Å². The zero-order chi connectivity index (χ0) is 15.0. The molecule has 0 saturated heterocycles. The maximum atomic E-state index is 12.2. The van der Waals surface area contributed by atoms with Crippen LogP contribution in [0.15, 0.2) is 6.07 Å². The second kappa shape index (κ2) is 5.37. The minimum Gasteiger partial charge on any atom is -0.466 e. The lowest BCUT2D eigenvalue weighted by Gasteiger charge is -2.15. The van der Waals surface area contributed by atoms with E-state index in [-0.39, 0.29) is 17.7 Å². The molecule has 0 fully saturated rings. The lowest BCUT2D eigenvalue weighted by atomic mass is 9.92. The molecule has 108 valence electrons. The van der Waals surface area contributed by atoms with Gasteiger partial charge in [0.05, 0.1) is 12.7 Å². The van der Waals surface area contributed by atoms with Gasteiger partial charge in [-0.05, 0) is 36.1 Å². The highest BCUT2D eigenvalue weighted by atomic mass is 16.5. The van der Waals surface area contributed by atoms with Crippen LogP contribution in [-0.4, -0.2) is 23.5 Å². The van der Waals surface area contributed by atoms with Crippen molar-refractivity contribution in [3.05, 3.63) is 33.9 Å². The van der Waals surface area contributed by atoms with Crippen molar-refractivity contribution in [2.24, 2.45) is 5.92 Å². The van der Waals surface area contributed by atoms with E-state index in [1.807, 2.05) is 19.9 Å². The Morgan fingerprint density at radius 3 is 2.65 bits per heavy atom. The Balaban J connectivity index is 2.37. The number of hydrogen-bond donors (Lipinski definition) is 1. The van der Waals surface area contributed by atoms with Gasteiger partial charge in [-0.3, -0.25) is 9.59 Å². The van der Waals surface area contributed by atoms with E-state index in [1.54, 1.807) is 6.92 Å². The first-order chi connectivity index (χ1) is 9.34. The molecule has 0 amide bonds. The van der Waals surface area contributed by atoms with Crippen LogP contribution in [0.3, 0.4) is 0 Å². The van der Waals surface area contributed by atoms with Crippen LogP contribution < -0.4 is 0 Å². The normalized spacial score (nSPS) is 20.9. The predicted octanol–water partition coefficient (Wildman–Crippen LogP) is 2.27. The quantitative estimate of drug-likeness (QED) is 0.860.